The maximum atomic E-state index is 13.7. The molecule has 1 aromatic rings. The predicted octanol–water partition coefficient (Wildman–Crippen LogP) is 2.62. The number of hydrogen-bond donors (Lipinski definition) is 0. The highest BCUT2D eigenvalue weighted by Gasteiger charge is 2.41. The second-order valence-electron chi connectivity index (χ2n) is 8.92. The molecule has 2 saturated heterocycles. The van der Waals surface area contributed by atoms with Crippen LogP contribution in [-0.4, -0.2) is 73.7 Å². The lowest BCUT2D eigenvalue weighted by Crippen LogP contribution is -2.47. The van der Waals surface area contributed by atoms with Crippen molar-refractivity contribution in [1.29, 1.82) is 0 Å². The number of hydrogen-bond acceptors (Lipinski definition) is 4. The predicted molar refractivity (Wildman–Crippen MR) is 113 cm³/mol. The van der Waals surface area contributed by atoms with E-state index in [9.17, 15) is 17.6 Å². The van der Waals surface area contributed by atoms with Gasteiger partial charge >= 0.3 is 0 Å². The van der Waals surface area contributed by atoms with Crippen molar-refractivity contribution in [1.82, 2.24) is 14.1 Å². The Kier molecular flexibility index (Phi) is 6.46. The average molecular weight is 438 g/mol. The van der Waals surface area contributed by atoms with Crippen LogP contribution in [-0.2, 0) is 14.8 Å². The van der Waals surface area contributed by atoms with E-state index in [1.54, 1.807) is 6.92 Å². The second-order valence-corrected chi connectivity index (χ2v) is 10.8. The molecule has 2 heterocycles. The van der Waals surface area contributed by atoms with Crippen molar-refractivity contribution in [3.63, 3.8) is 0 Å². The summed E-state index contributed by atoms with van der Waals surface area (Å²) in [6.45, 7) is 6.00. The van der Waals surface area contributed by atoms with Gasteiger partial charge in [-0.25, -0.2) is 12.8 Å². The number of carbonyl (C=O) groups excluding carboxylic acids is 1. The molecule has 30 heavy (non-hydrogen) atoms. The van der Waals surface area contributed by atoms with Gasteiger partial charge in [0, 0.05) is 38.1 Å². The fourth-order valence-electron chi connectivity index (χ4n) is 4.64. The lowest BCUT2D eigenvalue weighted by atomic mass is 10.1. The van der Waals surface area contributed by atoms with Crippen molar-refractivity contribution in [3.05, 3.63) is 29.6 Å². The molecule has 0 radical (unpaired) electrons. The van der Waals surface area contributed by atoms with E-state index in [-0.39, 0.29) is 29.3 Å². The Balaban J connectivity index is 1.46. The van der Waals surface area contributed by atoms with Crippen LogP contribution in [0.15, 0.2) is 23.1 Å². The molecule has 1 amide bonds. The minimum atomic E-state index is -3.78. The number of rotatable bonds is 7. The van der Waals surface area contributed by atoms with E-state index >= 15 is 0 Å². The zero-order valence-corrected chi connectivity index (χ0v) is 18.5. The highest BCUT2D eigenvalue weighted by atomic mass is 32.2. The van der Waals surface area contributed by atoms with Crippen LogP contribution in [0.4, 0.5) is 4.39 Å². The summed E-state index contributed by atoms with van der Waals surface area (Å²) in [7, 11) is -3.78. The van der Waals surface area contributed by atoms with Gasteiger partial charge in [-0.05, 0) is 69.8 Å². The maximum Gasteiger partial charge on any atom is 0.243 e. The number of piperidine rings is 1. The van der Waals surface area contributed by atoms with Crippen LogP contribution >= 0.6 is 0 Å². The van der Waals surface area contributed by atoms with Crippen molar-refractivity contribution in [2.75, 3.05) is 39.3 Å². The number of aryl methyl sites for hydroxylation is 1. The largest absolute Gasteiger partial charge is 0.337 e. The molecule has 0 N–H and O–H groups in total. The molecule has 1 aliphatic carbocycles. The fraction of sp³-hybridized carbons (Fsp3) is 0.682. The first-order valence-electron chi connectivity index (χ1n) is 11.2. The van der Waals surface area contributed by atoms with Crippen LogP contribution in [0.3, 0.4) is 0 Å². The molecular formula is C22H32FN3O3S. The first kappa shape index (κ1) is 21.7. The number of carbonyl (C=O) groups is 1. The highest BCUT2D eigenvalue weighted by Crippen LogP contribution is 2.33. The van der Waals surface area contributed by atoms with Crippen molar-refractivity contribution in [3.8, 4) is 0 Å². The Morgan fingerprint density at radius 2 is 1.87 bits per heavy atom. The van der Waals surface area contributed by atoms with Gasteiger partial charge in [-0.2, -0.15) is 4.31 Å². The SMILES string of the molecule is Cc1ccc(F)cc1S(=O)(=O)N1CCC(N(CCN2CCCCC2)C(=O)C2CC2)C1. The molecule has 0 aromatic heterocycles. The quantitative estimate of drug-likeness (QED) is 0.658. The molecule has 0 spiro atoms. The van der Waals surface area contributed by atoms with Gasteiger partial charge in [-0.15, -0.1) is 0 Å². The summed E-state index contributed by atoms with van der Waals surface area (Å²) >= 11 is 0. The summed E-state index contributed by atoms with van der Waals surface area (Å²) in [6, 6.07) is 3.77. The van der Waals surface area contributed by atoms with Crippen molar-refractivity contribution in [2.24, 2.45) is 5.92 Å². The van der Waals surface area contributed by atoms with Gasteiger partial charge in [0.2, 0.25) is 15.9 Å². The Hall–Kier alpha value is -1.51. The maximum absolute atomic E-state index is 13.7. The van der Waals surface area contributed by atoms with Gasteiger partial charge in [-0.3, -0.25) is 4.79 Å². The molecule has 2 aliphatic heterocycles. The molecule has 1 aromatic carbocycles. The highest BCUT2D eigenvalue weighted by molar-refractivity contribution is 7.89. The molecule has 3 aliphatic rings. The molecule has 3 fully saturated rings. The van der Waals surface area contributed by atoms with Crippen molar-refractivity contribution >= 4 is 15.9 Å². The Morgan fingerprint density at radius 3 is 2.57 bits per heavy atom. The zero-order chi connectivity index (χ0) is 21.3. The molecule has 8 heteroatoms. The zero-order valence-electron chi connectivity index (χ0n) is 17.7. The molecule has 166 valence electrons. The normalized spacial score (nSPS) is 23.6. The third-order valence-electron chi connectivity index (χ3n) is 6.65. The van der Waals surface area contributed by atoms with Crippen LogP contribution in [0.5, 0.6) is 0 Å². The molecule has 1 atom stereocenters. The number of nitrogens with zero attached hydrogens (tertiary/aromatic N) is 3. The van der Waals surface area contributed by atoms with Crippen LogP contribution in [0.1, 0.15) is 44.1 Å². The van der Waals surface area contributed by atoms with Gasteiger partial charge in [0.15, 0.2) is 0 Å². The van der Waals surface area contributed by atoms with E-state index in [0.717, 1.165) is 38.5 Å². The van der Waals surface area contributed by atoms with Gasteiger partial charge in [0.25, 0.3) is 0 Å². The van der Waals surface area contributed by atoms with E-state index in [4.69, 9.17) is 0 Å². The standard InChI is InChI=1S/C22H32FN3O3S/c1-17-5-8-19(23)15-21(17)30(28,29)25-12-9-20(16-25)26(22(27)18-6-7-18)14-13-24-10-3-2-4-11-24/h5,8,15,18,20H,2-4,6-7,9-14,16H2,1H3. The molecular weight excluding hydrogens is 405 g/mol. The fourth-order valence-corrected chi connectivity index (χ4v) is 6.37. The summed E-state index contributed by atoms with van der Waals surface area (Å²) in [6.07, 6.45) is 6.20. The third-order valence-corrected chi connectivity index (χ3v) is 8.66. The van der Waals surface area contributed by atoms with Crippen LogP contribution in [0.25, 0.3) is 0 Å². The van der Waals surface area contributed by atoms with Crippen LogP contribution < -0.4 is 0 Å². The minimum Gasteiger partial charge on any atom is -0.337 e. The first-order chi connectivity index (χ1) is 14.4. The van der Waals surface area contributed by atoms with Gasteiger partial charge < -0.3 is 9.80 Å². The minimum absolute atomic E-state index is 0.0246. The molecule has 1 saturated carbocycles. The summed E-state index contributed by atoms with van der Waals surface area (Å²) in [5.74, 6) is -0.261. The van der Waals surface area contributed by atoms with Crippen LogP contribution in [0.2, 0.25) is 0 Å². The summed E-state index contributed by atoms with van der Waals surface area (Å²) in [4.78, 5) is 17.4. The number of likely N-dealkylation sites (tertiary alicyclic amines) is 1. The number of halogens is 1. The topological polar surface area (TPSA) is 60.9 Å². The molecule has 1 unspecified atom stereocenters. The van der Waals surface area contributed by atoms with Crippen molar-refractivity contribution < 1.29 is 17.6 Å². The Labute approximate surface area is 179 Å². The monoisotopic (exact) mass is 437 g/mol. The molecule has 6 nitrogen and oxygen atoms in total. The lowest BCUT2D eigenvalue weighted by molar-refractivity contribution is -0.135. The van der Waals surface area contributed by atoms with Gasteiger partial charge in [0.1, 0.15) is 5.82 Å². The van der Waals surface area contributed by atoms with Gasteiger partial charge in [0.05, 0.1) is 4.90 Å². The van der Waals surface area contributed by atoms with Gasteiger partial charge in [-0.1, -0.05) is 12.5 Å². The summed E-state index contributed by atoms with van der Waals surface area (Å²) in [5, 5.41) is 0. The summed E-state index contributed by atoms with van der Waals surface area (Å²) in [5.41, 5.74) is 0.538. The molecule has 4 rings (SSSR count). The Bertz CT molecular complexity index is 882. The smallest absolute Gasteiger partial charge is 0.243 e. The van der Waals surface area contributed by atoms with E-state index in [1.807, 2.05) is 4.90 Å². The average Bonchev–Trinajstić information content (AvgIpc) is 3.47. The van der Waals surface area contributed by atoms with E-state index in [1.165, 1.54) is 35.7 Å². The lowest BCUT2D eigenvalue weighted by Gasteiger charge is -2.33. The number of amides is 1. The third kappa shape index (κ3) is 4.70. The second kappa shape index (κ2) is 8.93. The van der Waals surface area contributed by atoms with E-state index in [0.29, 0.717) is 25.1 Å². The van der Waals surface area contributed by atoms with Crippen molar-refractivity contribution in [2.45, 2.75) is 56.4 Å². The van der Waals surface area contributed by atoms with E-state index in [2.05, 4.69) is 4.90 Å². The number of benzene rings is 1. The number of sulfonamides is 1. The van der Waals surface area contributed by atoms with E-state index < -0.39 is 15.8 Å². The van der Waals surface area contributed by atoms with Crippen LogP contribution in [0, 0.1) is 18.7 Å². The first-order valence-corrected chi connectivity index (χ1v) is 12.6. The molecule has 0 bridgehead atoms. The Morgan fingerprint density at radius 1 is 1.13 bits per heavy atom. The summed E-state index contributed by atoms with van der Waals surface area (Å²) < 4.78 is 41.4.